The number of nitrogens with zero attached hydrogens (tertiary/aromatic N) is 1. The molecule has 1 aromatic carbocycles. The highest BCUT2D eigenvalue weighted by molar-refractivity contribution is 5.85. The highest BCUT2D eigenvalue weighted by Gasteiger charge is 2.23. The van der Waals surface area contributed by atoms with Gasteiger partial charge in [-0.3, -0.25) is 0 Å². The number of hydrogen-bond acceptors (Lipinski definition) is 3. The van der Waals surface area contributed by atoms with Gasteiger partial charge in [-0.1, -0.05) is 6.07 Å². The van der Waals surface area contributed by atoms with E-state index < -0.39 is 5.97 Å². The lowest BCUT2D eigenvalue weighted by atomic mass is 10.1. The molecule has 108 valence electrons. The molecule has 1 aromatic rings. The van der Waals surface area contributed by atoms with Gasteiger partial charge in [0.05, 0.1) is 12.2 Å². The second kappa shape index (κ2) is 6.09. The predicted molar refractivity (Wildman–Crippen MR) is 80.1 cm³/mol. The van der Waals surface area contributed by atoms with E-state index in [0.29, 0.717) is 0 Å². The van der Waals surface area contributed by atoms with Crippen LogP contribution in [0.25, 0.3) is 6.08 Å². The molecule has 0 amide bonds. The number of carboxylic acids is 1. The molecule has 0 aliphatic carbocycles. The van der Waals surface area contributed by atoms with Gasteiger partial charge in [-0.2, -0.15) is 0 Å². The quantitative estimate of drug-likeness (QED) is 0.862. The third-order valence-electron chi connectivity index (χ3n) is 3.40. The molecule has 1 aliphatic rings. The van der Waals surface area contributed by atoms with Crippen molar-refractivity contribution in [2.24, 2.45) is 0 Å². The fourth-order valence-corrected chi connectivity index (χ4v) is 2.68. The topological polar surface area (TPSA) is 49.8 Å². The molecule has 4 nitrogen and oxygen atoms in total. The van der Waals surface area contributed by atoms with Crippen molar-refractivity contribution >= 4 is 17.7 Å². The zero-order valence-electron chi connectivity index (χ0n) is 12.2. The molecule has 1 fully saturated rings. The first kappa shape index (κ1) is 14.6. The maximum absolute atomic E-state index is 10.5. The van der Waals surface area contributed by atoms with Crippen LogP contribution in [-0.4, -0.2) is 36.4 Å². The van der Waals surface area contributed by atoms with Gasteiger partial charge in [-0.25, -0.2) is 4.79 Å². The second-order valence-corrected chi connectivity index (χ2v) is 5.38. The molecule has 0 saturated carbocycles. The summed E-state index contributed by atoms with van der Waals surface area (Å²) in [7, 11) is 0. The lowest BCUT2D eigenvalue weighted by molar-refractivity contribution is -0.131. The molecule has 2 rings (SSSR count). The predicted octanol–water partition coefficient (Wildman–Crippen LogP) is 2.71. The summed E-state index contributed by atoms with van der Waals surface area (Å²) in [4.78, 5) is 12.9. The van der Waals surface area contributed by atoms with Crippen molar-refractivity contribution in [1.29, 1.82) is 0 Å². The first-order valence-corrected chi connectivity index (χ1v) is 6.88. The summed E-state index contributed by atoms with van der Waals surface area (Å²) >= 11 is 0. The minimum atomic E-state index is -0.928. The average molecular weight is 275 g/mol. The molecule has 2 atom stereocenters. The summed E-state index contributed by atoms with van der Waals surface area (Å²) in [5, 5.41) is 8.65. The van der Waals surface area contributed by atoms with Gasteiger partial charge in [-0.05, 0) is 50.1 Å². The first-order chi connectivity index (χ1) is 9.45. The van der Waals surface area contributed by atoms with Crippen LogP contribution in [0.5, 0.6) is 0 Å². The number of morpholine rings is 1. The van der Waals surface area contributed by atoms with Gasteiger partial charge in [0.2, 0.25) is 0 Å². The van der Waals surface area contributed by atoms with Crippen LogP contribution in [0.3, 0.4) is 0 Å². The molecule has 0 unspecified atom stereocenters. The summed E-state index contributed by atoms with van der Waals surface area (Å²) in [5.74, 6) is -0.928. The van der Waals surface area contributed by atoms with Gasteiger partial charge in [0, 0.05) is 24.9 Å². The number of carbonyl (C=O) groups is 1. The van der Waals surface area contributed by atoms with Crippen LogP contribution in [0.15, 0.2) is 24.3 Å². The minimum Gasteiger partial charge on any atom is -0.478 e. The zero-order valence-corrected chi connectivity index (χ0v) is 12.2. The normalized spacial score (nSPS) is 23.2. The molecule has 20 heavy (non-hydrogen) atoms. The molecular formula is C16H21NO3. The van der Waals surface area contributed by atoms with Crippen molar-refractivity contribution in [2.75, 3.05) is 18.0 Å². The van der Waals surface area contributed by atoms with Gasteiger partial charge in [0.15, 0.2) is 0 Å². The average Bonchev–Trinajstić information content (AvgIpc) is 2.35. The third kappa shape index (κ3) is 3.61. The summed E-state index contributed by atoms with van der Waals surface area (Å²) in [5.41, 5.74) is 3.25. The smallest absolute Gasteiger partial charge is 0.328 e. The molecular weight excluding hydrogens is 254 g/mol. The van der Waals surface area contributed by atoms with Crippen LogP contribution < -0.4 is 4.90 Å². The molecule has 1 aliphatic heterocycles. The molecule has 0 aromatic heterocycles. The first-order valence-electron chi connectivity index (χ1n) is 6.88. The fourth-order valence-electron chi connectivity index (χ4n) is 2.68. The van der Waals surface area contributed by atoms with Crippen molar-refractivity contribution in [3.63, 3.8) is 0 Å². The Balaban J connectivity index is 2.19. The van der Waals surface area contributed by atoms with Gasteiger partial charge in [0.25, 0.3) is 0 Å². The van der Waals surface area contributed by atoms with Gasteiger partial charge >= 0.3 is 5.97 Å². The largest absolute Gasteiger partial charge is 0.478 e. The Hall–Kier alpha value is -1.81. The van der Waals surface area contributed by atoms with E-state index in [2.05, 4.69) is 31.7 Å². The summed E-state index contributed by atoms with van der Waals surface area (Å²) in [6.45, 7) is 7.99. The van der Waals surface area contributed by atoms with Crippen LogP contribution >= 0.6 is 0 Å². The molecule has 4 heteroatoms. The Morgan fingerprint density at radius 2 is 2.00 bits per heavy atom. The van der Waals surface area contributed by atoms with Gasteiger partial charge < -0.3 is 14.7 Å². The zero-order chi connectivity index (χ0) is 14.7. The Morgan fingerprint density at radius 1 is 1.35 bits per heavy atom. The lowest BCUT2D eigenvalue weighted by Gasteiger charge is -2.37. The maximum Gasteiger partial charge on any atom is 0.328 e. The lowest BCUT2D eigenvalue weighted by Crippen LogP contribution is -2.45. The number of aliphatic carboxylic acids is 1. The Morgan fingerprint density at radius 3 is 2.55 bits per heavy atom. The van der Waals surface area contributed by atoms with E-state index in [1.54, 1.807) is 6.08 Å². The molecule has 1 N–H and O–H groups in total. The summed E-state index contributed by atoms with van der Waals surface area (Å²) < 4.78 is 5.75. The number of carboxylic acid groups (broad SMARTS) is 1. The monoisotopic (exact) mass is 275 g/mol. The van der Waals surface area contributed by atoms with E-state index in [-0.39, 0.29) is 12.2 Å². The number of hydrogen-bond donors (Lipinski definition) is 1. The highest BCUT2D eigenvalue weighted by Crippen LogP contribution is 2.25. The van der Waals surface area contributed by atoms with Crippen molar-refractivity contribution < 1.29 is 14.6 Å². The van der Waals surface area contributed by atoms with E-state index in [1.807, 2.05) is 12.1 Å². The Kier molecular flexibility index (Phi) is 4.45. The Bertz CT molecular complexity index is 514. The molecule has 1 saturated heterocycles. The van der Waals surface area contributed by atoms with E-state index in [4.69, 9.17) is 9.84 Å². The van der Waals surface area contributed by atoms with Gasteiger partial charge in [0.1, 0.15) is 0 Å². The van der Waals surface area contributed by atoms with Crippen LogP contribution in [0.4, 0.5) is 5.69 Å². The van der Waals surface area contributed by atoms with E-state index in [1.165, 1.54) is 5.69 Å². The Labute approximate surface area is 119 Å². The number of aryl methyl sites for hydroxylation is 1. The number of anilines is 1. The standard InChI is InChI=1S/C16H21NO3/c1-11-8-14(5-7-16(18)19)4-6-15(11)17-9-12(2)20-13(3)10-17/h4-8,12-13H,9-10H2,1-3H3,(H,18,19)/b7-5+/t12-,13+. The van der Waals surface area contributed by atoms with Crippen LogP contribution in [-0.2, 0) is 9.53 Å². The molecule has 0 radical (unpaired) electrons. The van der Waals surface area contributed by atoms with E-state index in [0.717, 1.165) is 30.3 Å². The second-order valence-electron chi connectivity index (χ2n) is 5.38. The summed E-state index contributed by atoms with van der Waals surface area (Å²) in [6, 6.07) is 6.02. The minimum absolute atomic E-state index is 0.227. The van der Waals surface area contributed by atoms with Crippen LogP contribution in [0, 0.1) is 6.92 Å². The molecule has 0 bridgehead atoms. The highest BCUT2D eigenvalue weighted by atomic mass is 16.5. The number of ether oxygens (including phenoxy) is 1. The van der Waals surface area contributed by atoms with Crippen molar-refractivity contribution in [1.82, 2.24) is 0 Å². The fraction of sp³-hybridized carbons (Fsp3) is 0.438. The SMILES string of the molecule is Cc1cc(/C=C/C(=O)O)ccc1N1C[C@@H](C)O[C@@H](C)C1. The number of benzene rings is 1. The van der Waals surface area contributed by atoms with Gasteiger partial charge in [-0.15, -0.1) is 0 Å². The van der Waals surface area contributed by atoms with Crippen LogP contribution in [0.2, 0.25) is 0 Å². The summed E-state index contributed by atoms with van der Waals surface area (Å²) in [6.07, 6.45) is 3.23. The molecule has 1 heterocycles. The third-order valence-corrected chi connectivity index (χ3v) is 3.40. The van der Waals surface area contributed by atoms with E-state index in [9.17, 15) is 4.79 Å². The maximum atomic E-state index is 10.5. The van der Waals surface area contributed by atoms with E-state index >= 15 is 0 Å². The number of rotatable bonds is 3. The molecule has 0 spiro atoms. The van der Waals surface area contributed by atoms with Crippen molar-refractivity contribution in [2.45, 2.75) is 33.0 Å². The van der Waals surface area contributed by atoms with Crippen molar-refractivity contribution in [3.05, 3.63) is 35.4 Å². The van der Waals surface area contributed by atoms with Crippen molar-refractivity contribution in [3.8, 4) is 0 Å². The van der Waals surface area contributed by atoms with Crippen LogP contribution in [0.1, 0.15) is 25.0 Å².